The molecule has 19 nitrogen and oxygen atoms in total. The number of methoxy groups -OCH3 is 2. The number of unbranched alkanes of at least 4 members (excludes halogenated alkanes) is 2. The van der Waals surface area contributed by atoms with E-state index >= 15 is 0 Å². The molecule has 0 spiro atoms. The van der Waals surface area contributed by atoms with Gasteiger partial charge in [0, 0.05) is 114 Å². The lowest BCUT2D eigenvalue weighted by Gasteiger charge is -2.29. The first-order chi connectivity index (χ1) is 44.1. The predicted molar refractivity (Wildman–Crippen MR) is 333 cm³/mol. The molecule has 3 fully saturated rings. The zero-order chi connectivity index (χ0) is 63.3. The summed E-state index contributed by atoms with van der Waals surface area (Å²) in [6, 6.07) is 26.8. The van der Waals surface area contributed by atoms with Gasteiger partial charge in [0.15, 0.2) is 24.7 Å². The van der Waals surface area contributed by atoms with Crippen LogP contribution in [0, 0.1) is 11.6 Å². The van der Waals surface area contributed by atoms with E-state index in [1.54, 1.807) is 0 Å². The minimum Gasteiger partial charge on any atom is -0.467 e. The van der Waals surface area contributed by atoms with Crippen molar-refractivity contribution in [3.63, 3.8) is 0 Å². The molecule has 0 aliphatic carbocycles. The summed E-state index contributed by atoms with van der Waals surface area (Å²) >= 11 is 0. The summed E-state index contributed by atoms with van der Waals surface area (Å²) in [6.07, 6.45) is 11.5. The SMILES string of the molecule is C1CCOC1.COC(=O)C(c1cc(F)ccc1OC1CCCCO1)N1Cc2cccc(NCCCCOCCCO)c2C1=O.COC(=O)C(c1cc(F)ccc1OC1CCCCO1)N1Cc2cccc(NCCCCOCCCOCc3ccccc3)c2C1=O. The lowest BCUT2D eigenvalue weighted by atomic mass is 10.0. The third kappa shape index (κ3) is 20.1. The number of aliphatic hydroxyl groups is 1. The van der Waals surface area contributed by atoms with E-state index in [9.17, 15) is 28.0 Å². The first-order valence-electron chi connectivity index (χ1n) is 31.7. The number of ether oxygens (including phenoxy) is 10. The van der Waals surface area contributed by atoms with E-state index in [0.717, 1.165) is 87.7 Å². The summed E-state index contributed by atoms with van der Waals surface area (Å²) in [5.74, 6) is -2.59. The van der Waals surface area contributed by atoms with Crippen molar-refractivity contribution in [3.05, 3.63) is 154 Å². The molecule has 4 atom stereocenters. The van der Waals surface area contributed by atoms with Crippen LogP contribution in [0.2, 0.25) is 0 Å². The van der Waals surface area contributed by atoms with E-state index in [1.807, 2.05) is 66.7 Å². The highest BCUT2D eigenvalue weighted by molar-refractivity contribution is 6.06. The van der Waals surface area contributed by atoms with Crippen LogP contribution in [-0.4, -0.2) is 145 Å². The van der Waals surface area contributed by atoms with E-state index < -0.39 is 48.2 Å². The van der Waals surface area contributed by atoms with Gasteiger partial charge in [-0.15, -0.1) is 0 Å². The summed E-state index contributed by atoms with van der Waals surface area (Å²) in [7, 11) is 2.50. The smallest absolute Gasteiger partial charge is 0.333 e. The Morgan fingerprint density at radius 2 is 1.02 bits per heavy atom. The molecule has 3 saturated heterocycles. The fraction of sp³-hybridized carbons (Fsp3) is 0.507. The van der Waals surface area contributed by atoms with E-state index in [0.29, 0.717) is 108 Å². The fourth-order valence-corrected chi connectivity index (χ4v) is 11.1. The number of nitrogens with one attached hydrogen (secondary N) is 2. The zero-order valence-corrected chi connectivity index (χ0v) is 51.9. The molecule has 5 aromatic rings. The molecule has 0 aromatic heterocycles. The number of hydrogen-bond acceptors (Lipinski definition) is 17. The number of carbonyl (C=O) groups excluding carboxylic acids is 4. The topological polar surface area (TPSA) is 211 Å². The average molecular weight is 1250 g/mol. The number of hydrogen-bond donors (Lipinski definition) is 3. The van der Waals surface area contributed by atoms with Crippen LogP contribution in [0.1, 0.15) is 151 Å². The molecule has 0 radical (unpaired) electrons. The highest BCUT2D eigenvalue weighted by atomic mass is 19.1. The zero-order valence-electron chi connectivity index (χ0n) is 51.9. The Labute approximate surface area is 526 Å². The van der Waals surface area contributed by atoms with Crippen molar-refractivity contribution in [1.29, 1.82) is 0 Å². The fourth-order valence-electron chi connectivity index (χ4n) is 11.1. The molecule has 21 heteroatoms. The highest BCUT2D eigenvalue weighted by Gasteiger charge is 2.43. The highest BCUT2D eigenvalue weighted by Crippen LogP contribution is 2.42. The van der Waals surface area contributed by atoms with E-state index in [-0.39, 0.29) is 54.1 Å². The van der Waals surface area contributed by atoms with E-state index in [4.69, 9.17) is 52.5 Å². The molecule has 10 rings (SSSR count). The van der Waals surface area contributed by atoms with Crippen LogP contribution in [0.5, 0.6) is 11.5 Å². The Hall–Kier alpha value is -7.24. The number of carbonyl (C=O) groups is 4. The van der Waals surface area contributed by atoms with Gasteiger partial charge in [-0.1, -0.05) is 54.6 Å². The molecule has 5 heterocycles. The summed E-state index contributed by atoms with van der Waals surface area (Å²) in [4.78, 5) is 56.8. The van der Waals surface area contributed by atoms with Crippen molar-refractivity contribution in [3.8, 4) is 11.5 Å². The number of anilines is 2. The Kier molecular flexibility index (Phi) is 28.4. The van der Waals surface area contributed by atoms with E-state index in [1.165, 1.54) is 73.3 Å². The van der Waals surface area contributed by atoms with Crippen LogP contribution in [0.3, 0.4) is 0 Å². The summed E-state index contributed by atoms with van der Waals surface area (Å²) in [6.45, 7) is 8.55. The monoisotopic (exact) mass is 1250 g/mol. The second kappa shape index (κ2) is 37.2. The van der Waals surface area contributed by atoms with Crippen molar-refractivity contribution in [2.24, 2.45) is 0 Å². The van der Waals surface area contributed by atoms with Crippen molar-refractivity contribution in [1.82, 2.24) is 9.80 Å². The van der Waals surface area contributed by atoms with Gasteiger partial charge in [-0.05, 0) is 142 Å². The summed E-state index contributed by atoms with van der Waals surface area (Å²) < 4.78 is 84.7. The summed E-state index contributed by atoms with van der Waals surface area (Å²) in [5, 5.41) is 15.5. The van der Waals surface area contributed by atoms with Gasteiger partial charge >= 0.3 is 11.9 Å². The lowest BCUT2D eigenvalue weighted by Crippen LogP contribution is -2.36. The van der Waals surface area contributed by atoms with Gasteiger partial charge in [0.25, 0.3) is 11.8 Å². The first kappa shape index (κ1) is 68.7. The second-order valence-corrected chi connectivity index (χ2v) is 22.4. The Morgan fingerprint density at radius 1 is 0.556 bits per heavy atom. The molecule has 2 amide bonds. The molecule has 3 N–H and O–H groups in total. The molecule has 4 unspecified atom stereocenters. The van der Waals surface area contributed by atoms with Crippen molar-refractivity contribution in [2.45, 2.75) is 134 Å². The van der Waals surface area contributed by atoms with Gasteiger partial charge in [-0.2, -0.15) is 0 Å². The van der Waals surface area contributed by atoms with Gasteiger partial charge < -0.3 is 72.9 Å². The maximum Gasteiger partial charge on any atom is 0.333 e. The molecule has 5 aromatic carbocycles. The van der Waals surface area contributed by atoms with Crippen LogP contribution in [-0.2, 0) is 67.2 Å². The second-order valence-electron chi connectivity index (χ2n) is 22.4. The van der Waals surface area contributed by atoms with Gasteiger partial charge in [-0.25, -0.2) is 18.4 Å². The third-order valence-electron chi connectivity index (χ3n) is 15.8. The minimum absolute atomic E-state index is 0.116. The number of nitrogens with zero attached hydrogens (tertiary/aromatic N) is 2. The largest absolute Gasteiger partial charge is 0.467 e. The standard InChI is InChI=1S/C36H43FN2O7.C29H37FN2O7.C4H8O/c1-42-36(41)34(29-23-28(37)16-17-31(29)46-32-15-5-7-22-45-32)39-24-27-13-9-14-30(33(27)35(39)40)38-18-6-8-19-43-20-10-21-44-25-26-11-3-2-4-12-26;1-36-29(35)27(22-18-21(30)11-12-24(22)39-25-10-2-4-17-38-25)32-19-20-8-6-9-23(26(20)28(32)34)31-13-3-5-15-37-16-7-14-33;1-2-4-5-3-1/h2-4,9,11-14,16-17,23,32,34,38H,5-8,10,15,18-22,24-25H2,1H3;6,8-9,11-12,18,25,27,31,33H,2-5,7,10,13-17,19H2,1H3;1-4H2. The molecule has 0 bridgehead atoms. The van der Waals surface area contributed by atoms with Crippen LogP contribution < -0.4 is 20.1 Å². The van der Waals surface area contributed by atoms with E-state index in [2.05, 4.69) is 10.6 Å². The molecular weight excluding hydrogens is 1160 g/mol. The number of fused-ring (bicyclic) bond motifs is 2. The number of esters is 2. The van der Waals surface area contributed by atoms with Gasteiger partial charge in [0.1, 0.15) is 23.1 Å². The Morgan fingerprint density at radius 3 is 1.47 bits per heavy atom. The Balaban J connectivity index is 0.000000218. The van der Waals surface area contributed by atoms with Gasteiger partial charge in [0.2, 0.25) is 0 Å². The maximum absolute atomic E-state index is 14.6. The summed E-state index contributed by atoms with van der Waals surface area (Å²) in [5.41, 5.74) is 5.49. The molecular formula is C69H88F2N4O15. The van der Waals surface area contributed by atoms with Crippen molar-refractivity contribution < 1.29 is 80.4 Å². The average Bonchev–Trinajstić information content (AvgIpc) is 1.62. The molecule has 5 aliphatic heterocycles. The predicted octanol–water partition coefficient (Wildman–Crippen LogP) is 11.4. The normalized spacial score (nSPS) is 17.4. The molecule has 0 saturated carbocycles. The lowest BCUT2D eigenvalue weighted by molar-refractivity contribution is -0.147. The van der Waals surface area contributed by atoms with Gasteiger partial charge in [-0.3, -0.25) is 9.59 Å². The first-order valence-corrected chi connectivity index (χ1v) is 31.7. The van der Waals surface area contributed by atoms with Crippen LogP contribution >= 0.6 is 0 Å². The van der Waals surface area contributed by atoms with Crippen molar-refractivity contribution in [2.75, 3.05) is 104 Å². The molecule has 488 valence electrons. The number of rotatable bonds is 31. The number of halogens is 2. The molecule has 5 aliphatic rings. The van der Waals surface area contributed by atoms with Gasteiger partial charge in [0.05, 0.1) is 45.2 Å². The Bertz CT molecular complexity index is 3030. The number of benzene rings is 5. The molecule has 90 heavy (non-hydrogen) atoms. The van der Waals surface area contributed by atoms with Crippen LogP contribution in [0.25, 0.3) is 0 Å². The maximum atomic E-state index is 14.6. The quantitative estimate of drug-likeness (QED) is 0.0278. The minimum atomic E-state index is -1.20. The number of aliphatic hydroxyl groups excluding tert-OH is 1. The van der Waals surface area contributed by atoms with Crippen LogP contribution in [0.15, 0.2) is 103 Å². The third-order valence-corrected chi connectivity index (χ3v) is 15.8. The van der Waals surface area contributed by atoms with Crippen LogP contribution in [0.4, 0.5) is 20.2 Å². The number of amides is 2. The van der Waals surface area contributed by atoms with Crippen molar-refractivity contribution >= 4 is 35.1 Å².